The Bertz CT molecular complexity index is 473. The lowest BCUT2D eigenvalue weighted by Gasteiger charge is -2.16. The van der Waals surface area contributed by atoms with Gasteiger partial charge in [0, 0.05) is 30.8 Å². The number of aromatic nitrogens is 2. The second kappa shape index (κ2) is 5.87. The number of furan rings is 1. The maximum Gasteiger partial charge on any atom is 0.0950 e. The minimum absolute atomic E-state index is 0.286. The van der Waals surface area contributed by atoms with Crippen LogP contribution >= 0.6 is 0 Å². The lowest BCUT2D eigenvalue weighted by atomic mass is 10.0. The van der Waals surface area contributed by atoms with Gasteiger partial charge in [0.05, 0.1) is 18.2 Å². The van der Waals surface area contributed by atoms with Crippen molar-refractivity contribution in [1.82, 2.24) is 15.1 Å². The van der Waals surface area contributed by atoms with Crippen molar-refractivity contribution >= 4 is 0 Å². The third-order valence-electron chi connectivity index (χ3n) is 3.20. The van der Waals surface area contributed by atoms with E-state index in [-0.39, 0.29) is 6.04 Å². The Balaban J connectivity index is 2.15. The summed E-state index contributed by atoms with van der Waals surface area (Å²) in [5.41, 5.74) is 3.59. The van der Waals surface area contributed by atoms with Crippen molar-refractivity contribution in [2.45, 2.75) is 32.7 Å². The molecular weight excluding hydrogens is 226 g/mol. The van der Waals surface area contributed by atoms with Crippen LogP contribution in [0.5, 0.6) is 0 Å². The third kappa shape index (κ3) is 2.82. The van der Waals surface area contributed by atoms with Crippen LogP contribution in [0.2, 0.25) is 0 Å². The molecule has 2 heterocycles. The van der Waals surface area contributed by atoms with Crippen LogP contribution in [-0.2, 0) is 19.9 Å². The van der Waals surface area contributed by atoms with E-state index in [0.29, 0.717) is 0 Å². The Morgan fingerprint density at radius 2 is 2.28 bits per heavy atom. The predicted octanol–water partition coefficient (Wildman–Crippen LogP) is 2.47. The molecule has 4 heteroatoms. The van der Waals surface area contributed by atoms with Gasteiger partial charge in [-0.05, 0) is 25.1 Å². The highest BCUT2D eigenvalue weighted by Gasteiger charge is 2.15. The van der Waals surface area contributed by atoms with Gasteiger partial charge in [0.15, 0.2) is 0 Å². The van der Waals surface area contributed by atoms with Crippen LogP contribution < -0.4 is 5.32 Å². The van der Waals surface area contributed by atoms with Gasteiger partial charge in [-0.25, -0.2) is 0 Å². The summed E-state index contributed by atoms with van der Waals surface area (Å²) < 4.78 is 7.15. The molecule has 1 unspecified atom stereocenters. The van der Waals surface area contributed by atoms with Gasteiger partial charge in [-0.2, -0.15) is 5.10 Å². The average Bonchev–Trinajstić information content (AvgIpc) is 2.99. The highest BCUT2D eigenvalue weighted by molar-refractivity contribution is 5.18. The summed E-state index contributed by atoms with van der Waals surface area (Å²) in [6, 6.07) is 4.49. The number of rotatable bonds is 6. The minimum Gasteiger partial charge on any atom is -0.472 e. The van der Waals surface area contributed by atoms with Crippen molar-refractivity contribution in [2.24, 2.45) is 7.05 Å². The van der Waals surface area contributed by atoms with E-state index in [0.717, 1.165) is 25.1 Å². The Labute approximate surface area is 108 Å². The van der Waals surface area contributed by atoms with Gasteiger partial charge in [0.25, 0.3) is 0 Å². The number of aryl methyl sites for hydroxylation is 2. The van der Waals surface area contributed by atoms with Gasteiger partial charge in [0.2, 0.25) is 0 Å². The molecule has 0 aliphatic heterocycles. The summed E-state index contributed by atoms with van der Waals surface area (Å²) in [5.74, 6) is 0. The third-order valence-corrected chi connectivity index (χ3v) is 3.20. The van der Waals surface area contributed by atoms with E-state index in [1.807, 2.05) is 24.1 Å². The first kappa shape index (κ1) is 12.9. The van der Waals surface area contributed by atoms with Crippen molar-refractivity contribution in [2.75, 3.05) is 6.54 Å². The molecule has 2 aromatic rings. The van der Waals surface area contributed by atoms with Gasteiger partial charge in [-0.1, -0.05) is 13.8 Å². The molecule has 0 aliphatic rings. The Morgan fingerprint density at radius 3 is 2.83 bits per heavy atom. The SMILES string of the molecule is CCNC(Cc1cc(CC)nn1C)c1ccoc1. The molecule has 0 aromatic carbocycles. The van der Waals surface area contributed by atoms with Crippen molar-refractivity contribution < 1.29 is 4.42 Å². The van der Waals surface area contributed by atoms with Gasteiger partial charge >= 0.3 is 0 Å². The molecule has 2 aromatic heterocycles. The number of hydrogen-bond donors (Lipinski definition) is 1. The average molecular weight is 247 g/mol. The maximum atomic E-state index is 5.17. The molecule has 0 saturated carbocycles. The molecule has 2 rings (SSSR count). The monoisotopic (exact) mass is 247 g/mol. The zero-order valence-electron chi connectivity index (χ0n) is 11.3. The van der Waals surface area contributed by atoms with Crippen LogP contribution in [0, 0.1) is 0 Å². The molecule has 0 bridgehead atoms. The topological polar surface area (TPSA) is 43.0 Å². The highest BCUT2D eigenvalue weighted by atomic mass is 16.3. The first-order chi connectivity index (χ1) is 8.74. The molecule has 0 aliphatic carbocycles. The van der Waals surface area contributed by atoms with E-state index >= 15 is 0 Å². The zero-order chi connectivity index (χ0) is 13.0. The van der Waals surface area contributed by atoms with Crippen molar-refractivity contribution in [3.63, 3.8) is 0 Å². The molecule has 0 fully saturated rings. The molecule has 98 valence electrons. The van der Waals surface area contributed by atoms with Gasteiger partial charge in [-0.15, -0.1) is 0 Å². The van der Waals surface area contributed by atoms with E-state index in [4.69, 9.17) is 4.42 Å². The number of likely N-dealkylation sites (N-methyl/N-ethyl adjacent to an activating group) is 1. The van der Waals surface area contributed by atoms with Gasteiger partial charge < -0.3 is 9.73 Å². The quantitative estimate of drug-likeness (QED) is 0.852. The first-order valence-electron chi connectivity index (χ1n) is 6.51. The fourth-order valence-electron chi connectivity index (χ4n) is 2.17. The minimum atomic E-state index is 0.286. The summed E-state index contributed by atoms with van der Waals surface area (Å²) in [7, 11) is 2.01. The fraction of sp³-hybridized carbons (Fsp3) is 0.500. The van der Waals surface area contributed by atoms with Gasteiger partial charge in [-0.3, -0.25) is 4.68 Å². The Morgan fingerprint density at radius 1 is 1.44 bits per heavy atom. The number of nitrogens with one attached hydrogen (secondary N) is 1. The molecule has 1 atom stereocenters. The number of nitrogens with zero attached hydrogens (tertiary/aromatic N) is 2. The van der Waals surface area contributed by atoms with E-state index in [1.54, 1.807) is 6.26 Å². The second-order valence-corrected chi connectivity index (χ2v) is 4.48. The van der Waals surface area contributed by atoms with E-state index in [2.05, 4.69) is 30.3 Å². The predicted molar refractivity (Wildman–Crippen MR) is 71.4 cm³/mol. The summed E-state index contributed by atoms with van der Waals surface area (Å²) in [6.07, 6.45) is 5.44. The van der Waals surface area contributed by atoms with Crippen LogP contribution in [-0.4, -0.2) is 16.3 Å². The standard InChI is InChI=1S/C14H21N3O/c1-4-12-8-13(17(3)16-12)9-14(15-5-2)11-6-7-18-10-11/h6-8,10,14-15H,4-5,9H2,1-3H3. The van der Waals surface area contributed by atoms with Crippen molar-refractivity contribution in [3.05, 3.63) is 41.6 Å². The zero-order valence-corrected chi connectivity index (χ0v) is 11.3. The molecule has 0 amide bonds. The molecule has 18 heavy (non-hydrogen) atoms. The molecule has 0 spiro atoms. The van der Waals surface area contributed by atoms with Crippen LogP contribution in [0.15, 0.2) is 29.1 Å². The lowest BCUT2D eigenvalue weighted by molar-refractivity contribution is 0.512. The smallest absolute Gasteiger partial charge is 0.0950 e. The van der Waals surface area contributed by atoms with Crippen LogP contribution in [0.25, 0.3) is 0 Å². The Hall–Kier alpha value is -1.55. The Kier molecular flexibility index (Phi) is 4.20. The summed E-state index contributed by atoms with van der Waals surface area (Å²) in [4.78, 5) is 0. The van der Waals surface area contributed by atoms with E-state index in [9.17, 15) is 0 Å². The molecule has 0 saturated heterocycles. The van der Waals surface area contributed by atoms with Crippen LogP contribution in [0.3, 0.4) is 0 Å². The van der Waals surface area contributed by atoms with Crippen molar-refractivity contribution in [3.8, 4) is 0 Å². The van der Waals surface area contributed by atoms with Crippen molar-refractivity contribution in [1.29, 1.82) is 0 Å². The molecule has 4 nitrogen and oxygen atoms in total. The first-order valence-corrected chi connectivity index (χ1v) is 6.51. The highest BCUT2D eigenvalue weighted by Crippen LogP contribution is 2.19. The fourth-order valence-corrected chi connectivity index (χ4v) is 2.17. The van der Waals surface area contributed by atoms with Crippen LogP contribution in [0.1, 0.15) is 36.8 Å². The largest absolute Gasteiger partial charge is 0.472 e. The molecular formula is C14H21N3O. The number of hydrogen-bond acceptors (Lipinski definition) is 3. The van der Waals surface area contributed by atoms with Gasteiger partial charge in [0.1, 0.15) is 0 Å². The molecule has 0 radical (unpaired) electrons. The molecule has 1 N–H and O–H groups in total. The maximum absolute atomic E-state index is 5.17. The second-order valence-electron chi connectivity index (χ2n) is 4.48. The normalized spacial score (nSPS) is 12.8. The van der Waals surface area contributed by atoms with E-state index < -0.39 is 0 Å². The van der Waals surface area contributed by atoms with E-state index in [1.165, 1.54) is 11.3 Å². The summed E-state index contributed by atoms with van der Waals surface area (Å²) in [6.45, 7) is 5.19. The summed E-state index contributed by atoms with van der Waals surface area (Å²) in [5, 5.41) is 7.98. The lowest BCUT2D eigenvalue weighted by Crippen LogP contribution is -2.23. The van der Waals surface area contributed by atoms with Crippen LogP contribution in [0.4, 0.5) is 0 Å². The summed E-state index contributed by atoms with van der Waals surface area (Å²) >= 11 is 0.